The van der Waals surface area contributed by atoms with Crippen LogP contribution in [0.15, 0.2) is 24.3 Å². The van der Waals surface area contributed by atoms with Gasteiger partial charge >= 0.3 is 5.97 Å². The molecule has 0 saturated carbocycles. The highest BCUT2D eigenvalue weighted by Gasteiger charge is 2.25. The first-order valence-electron chi connectivity index (χ1n) is 9.27. The zero-order valence-corrected chi connectivity index (χ0v) is 15.9. The second-order valence-electron chi connectivity index (χ2n) is 6.91. The largest absolute Gasteiger partial charge is 0.494 e. The summed E-state index contributed by atoms with van der Waals surface area (Å²) in [5, 5.41) is 0. The van der Waals surface area contributed by atoms with Crippen LogP contribution in [0.2, 0.25) is 0 Å². The minimum Gasteiger partial charge on any atom is -0.494 e. The van der Waals surface area contributed by atoms with Gasteiger partial charge in [-0.15, -0.1) is 0 Å². The first kappa shape index (κ1) is 20.1. The maximum absolute atomic E-state index is 12.2. The number of ether oxygens (including phenoxy) is 3. The molecule has 1 fully saturated rings. The zero-order chi connectivity index (χ0) is 18.9. The Labute approximate surface area is 155 Å². The summed E-state index contributed by atoms with van der Waals surface area (Å²) < 4.78 is 16.0. The summed E-state index contributed by atoms with van der Waals surface area (Å²) in [5.41, 5.74) is 0. The van der Waals surface area contributed by atoms with Crippen molar-refractivity contribution in [1.29, 1.82) is 0 Å². The molecule has 144 valence electrons. The average Bonchev–Trinajstić information content (AvgIpc) is 2.60. The van der Waals surface area contributed by atoms with Crippen LogP contribution in [0.4, 0.5) is 0 Å². The van der Waals surface area contributed by atoms with Crippen molar-refractivity contribution in [2.45, 2.75) is 33.6 Å². The Morgan fingerprint density at radius 1 is 1.04 bits per heavy atom. The monoisotopic (exact) mass is 363 g/mol. The van der Waals surface area contributed by atoms with Crippen LogP contribution in [0.3, 0.4) is 0 Å². The Bertz CT molecular complexity index is 576. The van der Waals surface area contributed by atoms with E-state index in [1.807, 2.05) is 19.1 Å². The van der Waals surface area contributed by atoms with Crippen LogP contribution < -0.4 is 9.47 Å². The summed E-state index contributed by atoms with van der Waals surface area (Å²) in [7, 11) is 0. The standard InChI is InChI=1S/C20H29NO5/c1-4-24-17-5-7-18(8-6-17)25-10-9-20(23)26-14-19(22)21-12-15(2)11-16(3)13-21/h5-8,15-16H,4,9-14H2,1-3H3/t15-,16+. The number of carbonyl (C=O) groups is 2. The molecule has 1 heterocycles. The van der Waals surface area contributed by atoms with Gasteiger partial charge in [-0.2, -0.15) is 0 Å². The van der Waals surface area contributed by atoms with Gasteiger partial charge in [-0.05, 0) is 49.4 Å². The molecular weight excluding hydrogens is 334 g/mol. The Morgan fingerprint density at radius 3 is 2.19 bits per heavy atom. The topological polar surface area (TPSA) is 65.1 Å². The SMILES string of the molecule is CCOc1ccc(OCCC(=O)OCC(=O)N2C[C@H](C)C[C@H](C)C2)cc1. The molecule has 1 aliphatic heterocycles. The van der Waals surface area contributed by atoms with Crippen LogP contribution in [0, 0.1) is 11.8 Å². The van der Waals surface area contributed by atoms with Gasteiger partial charge in [0.05, 0.1) is 19.6 Å². The molecule has 26 heavy (non-hydrogen) atoms. The summed E-state index contributed by atoms with van der Waals surface area (Å²) in [6.07, 6.45) is 1.24. The van der Waals surface area contributed by atoms with Gasteiger partial charge in [0.25, 0.3) is 5.91 Å². The van der Waals surface area contributed by atoms with Crippen LogP contribution in [0.5, 0.6) is 11.5 Å². The maximum atomic E-state index is 12.2. The van der Waals surface area contributed by atoms with E-state index in [9.17, 15) is 9.59 Å². The van der Waals surface area contributed by atoms with Gasteiger partial charge in [0.1, 0.15) is 11.5 Å². The molecule has 0 unspecified atom stereocenters. The van der Waals surface area contributed by atoms with Crippen molar-refractivity contribution in [3.8, 4) is 11.5 Å². The number of piperidine rings is 1. The molecule has 6 heteroatoms. The average molecular weight is 363 g/mol. The fraction of sp³-hybridized carbons (Fsp3) is 0.600. The molecule has 0 aromatic heterocycles. The molecule has 1 saturated heterocycles. The number of benzene rings is 1. The van der Waals surface area contributed by atoms with Crippen LogP contribution in [0.25, 0.3) is 0 Å². The predicted octanol–water partition coefficient (Wildman–Crippen LogP) is 2.90. The lowest BCUT2D eigenvalue weighted by molar-refractivity contribution is -0.153. The van der Waals surface area contributed by atoms with E-state index >= 15 is 0 Å². The van der Waals surface area contributed by atoms with Crippen molar-refractivity contribution < 1.29 is 23.8 Å². The number of amides is 1. The van der Waals surface area contributed by atoms with E-state index < -0.39 is 5.97 Å². The lowest BCUT2D eigenvalue weighted by atomic mass is 9.92. The van der Waals surface area contributed by atoms with Crippen molar-refractivity contribution in [2.75, 3.05) is 32.9 Å². The molecule has 2 rings (SSSR count). The second kappa shape index (κ2) is 10.0. The van der Waals surface area contributed by atoms with E-state index in [1.165, 1.54) is 0 Å². The number of hydrogen-bond acceptors (Lipinski definition) is 5. The van der Waals surface area contributed by atoms with Crippen molar-refractivity contribution in [1.82, 2.24) is 4.90 Å². The van der Waals surface area contributed by atoms with Crippen molar-refractivity contribution in [3.05, 3.63) is 24.3 Å². The van der Waals surface area contributed by atoms with E-state index in [4.69, 9.17) is 14.2 Å². The molecule has 1 aliphatic rings. The Hall–Kier alpha value is -2.24. The van der Waals surface area contributed by atoms with Crippen molar-refractivity contribution in [2.24, 2.45) is 11.8 Å². The van der Waals surface area contributed by atoms with Crippen molar-refractivity contribution in [3.63, 3.8) is 0 Å². The van der Waals surface area contributed by atoms with E-state index in [-0.39, 0.29) is 25.5 Å². The summed E-state index contributed by atoms with van der Waals surface area (Å²) in [4.78, 5) is 25.8. The van der Waals surface area contributed by atoms with Gasteiger partial charge in [0, 0.05) is 13.1 Å². The van der Waals surface area contributed by atoms with Crippen molar-refractivity contribution >= 4 is 11.9 Å². The van der Waals surface area contributed by atoms with Gasteiger partial charge < -0.3 is 19.1 Å². The second-order valence-corrected chi connectivity index (χ2v) is 6.91. The highest BCUT2D eigenvalue weighted by atomic mass is 16.5. The lowest BCUT2D eigenvalue weighted by Gasteiger charge is -2.34. The third-order valence-electron chi connectivity index (χ3n) is 4.29. The predicted molar refractivity (Wildman–Crippen MR) is 98.2 cm³/mol. The Kier molecular flexibility index (Phi) is 7.75. The minimum absolute atomic E-state index is 0.104. The molecule has 1 aromatic rings. The van der Waals surface area contributed by atoms with E-state index in [0.717, 1.165) is 25.3 Å². The molecule has 0 aliphatic carbocycles. The Morgan fingerprint density at radius 2 is 1.62 bits per heavy atom. The van der Waals surface area contributed by atoms with Gasteiger partial charge in [-0.3, -0.25) is 9.59 Å². The van der Waals surface area contributed by atoms with Gasteiger partial charge in [-0.1, -0.05) is 13.8 Å². The molecule has 1 aromatic carbocycles. The van der Waals surface area contributed by atoms with E-state index in [1.54, 1.807) is 17.0 Å². The highest BCUT2D eigenvalue weighted by molar-refractivity contribution is 5.80. The number of hydrogen-bond donors (Lipinski definition) is 0. The van der Waals surface area contributed by atoms with Crippen LogP contribution >= 0.6 is 0 Å². The third-order valence-corrected chi connectivity index (χ3v) is 4.29. The lowest BCUT2D eigenvalue weighted by Crippen LogP contribution is -2.44. The number of carbonyl (C=O) groups excluding carboxylic acids is 2. The quantitative estimate of drug-likeness (QED) is 0.665. The first-order valence-corrected chi connectivity index (χ1v) is 9.27. The molecular formula is C20H29NO5. The summed E-state index contributed by atoms with van der Waals surface area (Å²) >= 11 is 0. The number of rotatable bonds is 8. The minimum atomic E-state index is -0.428. The number of esters is 1. The molecule has 0 radical (unpaired) electrons. The molecule has 2 atom stereocenters. The number of likely N-dealkylation sites (tertiary alicyclic amines) is 1. The van der Waals surface area contributed by atoms with Gasteiger partial charge in [0.2, 0.25) is 0 Å². The first-order chi connectivity index (χ1) is 12.5. The Balaban J connectivity index is 1.64. The van der Waals surface area contributed by atoms with Crippen LogP contribution in [-0.2, 0) is 14.3 Å². The summed E-state index contributed by atoms with van der Waals surface area (Å²) in [6.45, 7) is 8.30. The maximum Gasteiger partial charge on any atom is 0.309 e. The molecule has 6 nitrogen and oxygen atoms in total. The van der Waals surface area contributed by atoms with Crippen LogP contribution in [-0.4, -0.2) is 49.7 Å². The van der Waals surface area contributed by atoms with Gasteiger partial charge in [-0.25, -0.2) is 0 Å². The molecule has 0 bridgehead atoms. The fourth-order valence-electron chi connectivity index (χ4n) is 3.22. The number of nitrogens with zero attached hydrogens (tertiary/aromatic N) is 1. The fourth-order valence-corrected chi connectivity index (χ4v) is 3.22. The van der Waals surface area contributed by atoms with E-state index in [2.05, 4.69) is 13.8 Å². The highest BCUT2D eigenvalue weighted by Crippen LogP contribution is 2.21. The molecule has 0 spiro atoms. The smallest absolute Gasteiger partial charge is 0.309 e. The normalized spacial score (nSPS) is 19.7. The molecule has 0 N–H and O–H groups in total. The summed E-state index contributed by atoms with van der Waals surface area (Å²) in [5.74, 6) is 1.86. The zero-order valence-electron chi connectivity index (χ0n) is 15.9. The van der Waals surface area contributed by atoms with Gasteiger partial charge in [0.15, 0.2) is 6.61 Å². The summed E-state index contributed by atoms with van der Waals surface area (Å²) in [6, 6.07) is 7.21. The third kappa shape index (κ3) is 6.58. The van der Waals surface area contributed by atoms with Crippen LogP contribution in [0.1, 0.15) is 33.6 Å². The molecule has 1 amide bonds. The van der Waals surface area contributed by atoms with E-state index in [0.29, 0.717) is 24.2 Å².